The normalized spacial score (nSPS) is 26.5. The van der Waals surface area contributed by atoms with Crippen LogP contribution in [0.5, 0.6) is 0 Å². The standard InChI is InChI=1S/C30H49O13P/c1-3-5-7-8-9-10-11-12-13-14-15-16-17-19-24(32)42-22(20-40-23(31)18-6-4-2)21-41-44(38,39)43-30-28(36)26(34)25(33)27(35)29(30)37/h5,7,9-10,12-13,15-16,22,25-30,33-37H,3-4,6,8,11,14,17-21H2,1-2H3,(H,38,39)/b7-5-,10-9-,13-12-,16-15-. The van der Waals surface area contributed by atoms with Gasteiger partial charge >= 0.3 is 19.8 Å². The SMILES string of the molecule is CC/C=C\C/C=C\C/C=C\C/C=C\CCC(=O)OC(COC(=O)CCCC)COP(=O)(O)OC1C(O)C(O)C(O)C(O)C1O. The molecule has 13 nitrogen and oxygen atoms in total. The molecule has 6 atom stereocenters. The van der Waals surface area contributed by atoms with E-state index in [4.69, 9.17) is 18.5 Å². The quantitative estimate of drug-likeness (QED) is 0.0601. The third-order valence-electron chi connectivity index (χ3n) is 6.45. The molecule has 0 aromatic carbocycles. The lowest BCUT2D eigenvalue weighted by atomic mass is 9.85. The Hall–Kier alpha value is -2.19. The van der Waals surface area contributed by atoms with Crippen LogP contribution < -0.4 is 0 Å². The number of hydrogen-bond acceptors (Lipinski definition) is 12. The maximum Gasteiger partial charge on any atom is 0.472 e. The van der Waals surface area contributed by atoms with E-state index in [0.29, 0.717) is 19.3 Å². The molecule has 1 saturated carbocycles. The van der Waals surface area contributed by atoms with Gasteiger partial charge in [0.2, 0.25) is 0 Å². The summed E-state index contributed by atoms with van der Waals surface area (Å²) in [4.78, 5) is 34.5. The number of unbranched alkanes of at least 4 members (excludes halogenated alkanes) is 1. The molecular formula is C30H49O13P. The third kappa shape index (κ3) is 16.2. The fraction of sp³-hybridized carbons (Fsp3) is 0.667. The van der Waals surface area contributed by atoms with Crippen LogP contribution in [-0.2, 0) is 32.7 Å². The Kier molecular flexibility index (Phi) is 20.2. The van der Waals surface area contributed by atoms with Gasteiger partial charge in [0.1, 0.15) is 43.2 Å². The molecule has 0 heterocycles. The van der Waals surface area contributed by atoms with Gasteiger partial charge in [-0.25, -0.2) is 4.57 Å². The van der Waals surface area contributed by atoms with Gasteiger partial charge in [0.15, 0.2) is 6.10 Å². The smallest absolute Gasteiger partial charge is 0.462 e. The van der Waals surface area contributed by atoms with E-state index >= 15 is 0 Å². The number of rotatable bonds is 21. The fourth-order valence-electron chi connectivity index (χ4n) is 3.92. The van der Waals surface area contributed by atoms with E-state index in [1.54, 1.807) is 0 Å². The lowest BCUT2D eigenvalue weighted by Gasteiger charge is -2.41. The summed E-state index contributed by atoms with van der Waals surface area (Å²) in [5.74, 6) is -1.25. The highest BCUT2D eigenvalue weighted by Crippen LogP contribution is 2.47. The number of esters is 2. The van der Waals surface area contributed by atoms with Crippen molar-refractivity contribution in [2.75, 3.05) is 13.2 Å². The Bertz CT molecular complexity index is 979. The average molecular weight is 649 g/mol. The minimum Gasteiger partial charge on any atom is -0.462 e. The number of carbonyl (C=O) groups is 2. The number of aliphatic hydroxyl groups is 5. The van der Waals surface area contributed by atoms with Gasteiger partial charge in [-0.1, -0.05) is 68.9 Å². The second-order valence-corrected chi connectivity index (χ2v) is 11.6. The Labute approximate surface area is 259 Å². The highest BCUT2D eigenvalue weighted by atomic mass is 31.2. The fourth-order valence-corrected chi connectivity index (χ4v) is 4.89. The molecule has 1 aliphatic rings. The summed E-state index contributed by atoms with van der Waals surface area (Å²) in [7, 11) is -5.10. The van der Waals surface area contributed by atoms with E-state index in [2.05, 4.69) is 31.2 Å². The van der Waals surface area contributed by atoms with Crippen LogP contribution in [0.15, 0.2) is 48.6 Å². The number of hydrogen-bond donors (Lipinski definition) is 6. The first kappa shape index (κ1) is 39.8. The van der Waals surface area contributed by atoms with Crippen molar-refractivity contribution < 1.29 is 63.1 Å². The van der Waals surface area contributed by atoms with E-state index in [9.17, 15) is 44.6 Å². The van der Waals surface area contributed by atoms with Gasteiger partial charge < -0.3 is 39.9 Å². The van der Waals surface area contributed by atoms with E-state index in [0.717, 1.165) is 25.7 Å². The van der Waals surface area contributed by atoms with Crippen molar-refractivity contribution in [3.63, 3.8) is 0 Å². The highest BCUT2D eigenvalue weighted by molar-refractivity contribution is 7.47. The molecule has 0 aromatic heterocycles. The van der Waals surface area contributed by atoms with Crippen LogP contribution in [-0.4, -0.2) is 98.3 Å². The maximum atomic E-state index is 12.5. The van der Waals surface area contributed by atoms with E-state index < -0.39 is 75.7 Å². The minimum absolute atomic E-state index is 0.0274. The predicted molar refractivity (Wildman–Crippen MR) is 161 cm³/mol. The van der Waals surface area contributed by atoms with Gasteiger partial charge in [0, 0.05) is 12.8 Å². The molecule has 1 rings (SSSR count). The van der Waals surface area contributed by atoms with Gasteiger partial charge in [-0.15, -0.1) is 0 Å². The molecular weight excluding hydrogens is 599 g/mol. The second kappa shape index (κ2) is 22.3. The molecule has 14 heteroatoms. The van der Waals surface area contributed by atoms with E-state index in [1.165, 1.54) is 0 Å². The number of allylic oxidation sites excluding steroid dienone is 8. The van der Waals surface area contributed by atoms with Crippen molar-refractivity contribution in [2.45, 2.75) is 114 Å². The molecule has 1 fully saturated rings. The molecule has 0 amide bonds. The summed E-state index contributed by atoms with van der Waals surface area (Å²) in [6, 6.07) is 0. The Morgan fingerprint density at radius 1 is 0.727 bits per heavy atom. The summed E-state index contributed by atoms with van der Waals surface area (Å²) in [5.41, 5.74) is 0. The largest absolute Gasteiger partial charge is 0.472 e. The lowest BCUT2D eigenvalue weighted by Crippen LogP contribution is -2.64. The monoisotopic (exact) mass is 648 g/mol. The maximum absolute atomic E-state index is 12.5. The van der Waals surface area contributed by atoms with Crippen molar-refractivity contribution in [1.29, 1.82) is 0 Å². The second-order valence-electron chi connectivity index (χ2n) is 10.2. The van der Waals surface area contributed by atoms with Crippen LogP contribution in [0.3, 0.4) is 0 Å². The summed E-state index contributed by atoms with van der Waals surface area (Å²) in [6.45, 7) is 2.74. The van der Waals surface area contributed by atoms with E-state index in [-0.39, 0.29) is 12.8 Å². The lowest BCUT2D eigenvalue weighted by molar-refractivity contribution is -0.220. The number of aliphatic hydroxyl groups excluding tert-OH is 5. The Balaban J connectivity index is 2.62. The van der Waals surface area contributed by atoms with Crippen molar-refractivity contribution in [2.24, 2.45) is 0 Å². The summed E-state index contributed by atoms with van der Waals surface area (Å²) < 4.78 is 32.6. The van der Waals surface area contributed by atoms with Crippen LogP contribution in [0.1, 0.15) is 71.6 Å². The molecule has 0 spiro atoms. The number of phosphoric acid groups is 1. The van der Waals surface area contributed by atoms with Crippen LogP contribution in [0.25, 0.3) is 0 Å². The van der Waals surface area contributed by atoms with Gasteiger partial charge in [-0.05, 0) is 38.5 Å². The van der Waals surface area contributed by atoms with Crippen LogP contribution in [0, 0.1) is 0 Å². The van der Waals surface area contributed by atoms with Gasteiger partial charge in [0.25, 0.3) is 0 Å². The number of phosphoric ester groups is 1. The Morgan fingerprint density at radius 3 is 1.80 bits per heavy atom. The third-order valence-corrected chi connectivity index (χ3v) is 7.43. The molecule has 6 N–H and O–H groups in total. The average Bonchev–Trinajstić information content (AvgIpc) is 2.99. The zero-order chi connectivity index (χ0) is 33.0. The van der Waals surface area contributed by atoms with Crippen molar-refractivity contribution >= 4 is 19.8 Å². The van der Waals surface area contributed by atoms with Crippen molar-refractivity contribution in [1.82, 2.24) is 0 Å². The topological polar surface area (TPSA) is 210 Å². The predicted octanol–water partition coefficient (Wildman–Crippen LogP) is 2.54. The first-order valence-corrected chi connectivity index (χ1v) is 16.4. The molecule has 0 radical (unpaired) electrons. The summed E-state index contributed by atoms with van der Waals surface area (Å²) >= 11 is 0. The van der Waals surface area contributed by atoms with Crippen LogP contribution in [0.4, 0.5) is 0 Å². The van der Waals surface area contributed by atoms with Crippen molar-refractivity contribution in [3.05, 3.63) is 48.6 Å². The Morgan fingerprint density at radius 2 is 1.25 bits per heavy atom. The molecule has 0 bridgehead atoms. The zero-order valence-electron chi connectivity index (χ0n) is 25.4. The first-order chi connectivity index (χ1) is 20.9. The summed E-state index contributed by atoms with van der Waals surface area (Å²) in [6.07, 6.45) is 8.11. The molecule has 44 heavy (non-hydrogen) atoms. The van der Waals surface area contributed by atoms with E-state index in [1.807, 2.05) is 31.2 Å². The highest BCUT2D eigenvalue weighted by Gasteiger charge is 2.51. The van der Waals surface area contributed by atoms with Gasteiger partial charge in [-0.3, -0.25) is 18.6 Å². The van der Waals surface area contributed by atoms with Crippen LogP contribution in [0.2, 0.25) is 0 Å². The molecule has 0 aromatic rings. The summed E-state index contributed by atoms with van der Waals surface area (Å²) in [5, 5.41) is 49.4. The molecule has 252 valence electrons. The molecule has 0 aliphatic heterocycles. The van der Waals surface area contributed by atoms with Crippen LogP contribution >= 0.6 is 7.82 Å². The molecule has 0 saturated heterocycles. The van der Waals surface area contributed by atoms with Gasteiger partial charge in [0.05, 0.1) is 6.61 Å². The molecule has 6 unspecified atom stereocenters. The van der Waals surface area contributed by atoms with Gasteiger partial charge in [-0.2, -0.15) is 0 Å². The minimum atomic E-state index is -5.10. The number of carbonyl (C=O) groups excluding carboxylic acids is 2. The van der Waals surface area contributed by atoms with Crippen molar-refractivity contribution in [3.8, 4) is 0 Å². The number of ether oxygens (including phenoxy) is 2. The first-order valence-electron chi connectivity index (χ1n) is 14.9. The zero-order valence-corrected chi connectivity index (χ0v) is 26.3. The molecule has 1 aliphatic carbocycles.